The van der Waals surface area contributed by atoms with Crippen molar-refractivity contribution < 1.29 is 17.8 Å². The molecule has 0 bridgehead atoms. The number of unbranched alkanes of at least 4 members (excludes halogenated alkanes) is 2. The Kier molecular flexibility index (Phi) is 11.3. The number of benzene rings is 1. The van der Waals surface area contributed by atoms with Gasteiger partial charge in [0.05, 0.1) is 19.6 Å². The molecule has 0 N–H and O–H groups in total. The summed E-state index contributed by atoms with van der Waals surface area (Å²) in [5, 5.41) is 0. The Morgan fingerprint density at radius 2 is 1.38 bits per heavy atom. The first-order valence-corrected chi connectivity index (χ1v) is 12.1. The Morgan fingerprint density at radius 3 is 1.92 bits per heavy atom. The average molecular weight is 383 g/mol. The zero-order valence-electron chi connectivity index (χ0n) is 17.6. The van der Waals surface area contributed by atoms with E-state index in [9.17, 15) is 0 Å². The minimum absolute atomic E-state index is 0.878. The Labute approximate surface area is 162 Å². The fourth-order valence-corrected chi connectivity index (χ4v) is 5.61. The van der Waals surface area contributed by atoms with E-state index in [0.29, 0.717) is 0 Å². The van der Waals surface area contributed by atoms with Gasteiger partial charge in [0.1, 0.15) is 6.54 Å². The topological polar surface area (TPSA) is 27.7 Å². The van der Waals surface area contributed by atoms with Crippen LogP contribution in [0.1, 0.15) is 51.5 Å². The van der Waals surface area contributed by atoms with Crippen LogP contribution in [0.3, 0.4) is 0 Å². The first-order chi connectivity index (χ1) is 12.6. The van der Waals surface area contributed by atoms with Gasteiger partial charge in [0.25, 0.3) is 0 Å². The lowest BCUT2D eigenvalue weighted by Gasteiger charge is -2.39. The summed E-state index contributed by atoms with van der Waals surface area (Å²) in [5.74, 6) is 0. The molecule has 0 aliphatic carbocycles. The molecule has 0 fully saturated rings. The minimum atomic E-state index is -2.48. The van der Waals surface area contributed by atoms with Crippen LogP contribution in [-0.2, 0) is 19.8 Å². The first kappa shape index (κ1) is 23.3. The molecule has 26 heavy (non-hydrogen) atoms. The molecule has 1 atom stereocenters. The van der Waals surface area contributed by atoms with E-state index in [1.807, 2.05) is 0 Å². The van der Waals surface area contributed by atoms with Crippen LogP contribution in [0.2, 0.25) is 6.04 Å². The first-order valence-electron chi connectivity index (χ1n) is 10.1. The van der Waals surface area contributed by atoms with Gasteiger partial charge in [0.15, 0.2) is 0 Å². The largest absolute Gasteiger partial charge is 0.500 e. The molecule has 0 aliphatic heterocycles. The van der Waals surface area contributed by atoms with Crippen LogP contribution in [-0.4, -0.2) is 54.3 Å². The van der Waals surface area contributed by atoms with E-state index >= 15 is 0 Å². The van der Waals surface area contributed by atoms with E-state index in [1.165, 1.54) is 44.3 Å². The number of hydrogen-bond donors (Lipinski definition) is 0. The molecule has 0 radical (unpaired) electrons. The highest BCUT2D eigenvalue weighted by Crippen LogP contribution is 2.22. The van der Waals surface area contributed by atoms with Crippen LogP contribution in [0.15, 0.2) is 30.3 Å². The quantitative estimate of drug-likeness (QED) is 0.246. The average Bonchev–Trinajstić information content (AvgIpc) is 2.67. The fraction of sp³-hybridized carbons (Fsp3) is 0.714. The second-order valence-corrected chi connectivity index (χ2v) is 10.4. The monoisotopic (exact) mass is 382 g/mol. The van der Waals surface area contributed by atoms with Gasteiger partial charge in [-0.2, -0.15) is 0 Å². The zero-order valence-corrected chi connectivity index (χ0v) is 18.6. The normalized spacial score (nSPS) is 14.3. The van der Waals surface area contributed by atoms with Crippen molar-refractivity contribution in [1.82, 2.24) is 0 Å². The van der Waals surface area contributed by atoms with Gasteiger partial charge < -0.3 is 17.8 Å². The van der Waals surface area contributed by atoms with Gasteiger partial charge in [0, 0.05) is 39.4 Å². The van der Waals surface area contributed by atoms with Crippen molar-refractivity contribution in [2.75, 3.05) is 41.0 Å². The summed E-state index contributed by atoms with van der Waals surface area (Å²) in [7, 11) is 2.64. The van der Waals surface area contributed by atoms with Crippen LogP contribution < -0.4 is 0 Å². The molecular weight excluding hydrogens is 342 g/mol. The van der Waals surface area contributed by atoms with Gasteiger partial charge in [0.2, 0.25) is 0 Å². The van der Waals surface area contributed by atoms with E-state index in [1.54, 1.807) is 21.3 Å². The maximum atomic E-state index is 5.62. The van der Waals surface area contributed by atoms with Gasteiger partial charge in [-0.25, -0.2) is 0 Å². The molecular formula is C21H40NO3Si+. The molecule has 1 aromatic rings. The summed E-state index contributed by atoms with van der Waals surface area (Å²) >= 11 is 0. The third-order valence-electron chi connectivity index (χ3n) is 5.34. The third kappa shape index (κ3) is 7.49. The molecule has 1 rings (SSSR count). The van der Waals surface area contributed by atoms with Crippen LogP contribution in [0.25, 0.3) is 0 Å². The molecule has 5 heteroatoms. The van der Waals surface area contributed by atoms with Crippen LogP contribution >= 0.6 is 0 Å². The Hall–Kier alpha value is -0.723. The lowest BCUT2D eigenvalue weighted by Crippen LogP contribution is -2.50. The van der Waals surface area contributed by atoms with Gasteiger partial charge in [-0.3, -0.25) is 0 Å². The molecule has 0 saturated carbocycles. The molecule has 0 heterocycles. The van der Waals surface area contributed by atoms with Gasteiger partial charge >= 0.3 is 8.80 Å². The molecule has 0 spiro atoms. The SMILES string of the molecule is CCCCC[N+](CCC)(CCC[Si](OC)(OC)OC)Cc1ccccc1. The van der Waals surface area contributed by atoms with Gasteiger partial charge in [-0.1, -0.05) is 50.6 Å². The van der Waals surface area contributed by atoms with Crippen molar-refractivity contribution in [1.29, 1.82) is 0 Å². The summed E-state index contributed by atoms with van der Waals surface area (Å²) in [5.41, 5.74) is 1.44. The third-order valence-corrected chi connectivity index (χ3v) is 8.18. The lowest BCUT2D eigenvalue weighted by atomic mass is 10.1. The van der Waals surface area contributed by atoms with Crippen LogP contribution in [0.4, 0.5) is 0 Å². The molecule has 1 unspecified atom stereocenters. The van der Waals surface area contributed by atoms with E-state index in [0.717, 1.165) is 30.0 Å². The summed E-state index contributed by atoms with van der Waals surface area (Å²) in [6.07, 6.45) is 6.15. The Bertz CT molecular complexity index is 459. The molecule has 150 valence electrons. The Morgan fingerprint density at radius 1 is 0.769 bits per heavy atom. The smallest absolute Gasteiger partial charge is 0.377 e. The zero-order chi connectivity index (χ0) is 19.3. The summed E-state index contributed by atoms with van der Waals surface area (Å²) in [6.45, 7) is 9.31. The second kappa shape index (κ2) is 12.6. The van der Waals surface area contributed by atoms with Crippen LogP contribution in [0, 0.1) is 0 Å². The van der Waals surface area contributed by atoms with Gasteiger partial charge in [-0.15, -0.1) is 0 Å². The van der Waals surface area contributed by atoms with E-state index in [2.05, 4.69) is 44.2 Å². The molecule has 0 aromatic heterocycles. The van der Waals surface area contributed by atoms with Crippen molar-refractivity contribution in [3.05, 3.63) is 35.9 Å². The maximum Gasteiger partial charge on any atom is 0.500 e. The lowest BCUT2D eigenvalue weighted by molar-refractivity contribution is -0.941. The van der Waals surface area contributed by atoms with E-state index in [-0.39, 0.29) is 0 Å². The Balaban J connectivity index is 2.86. The van der Waals surface area contributed by atoms with Crippen molar-refractivity contribution in [2.24, 2.45) is 0 Å². The number of nitrogens with zero attached hydrogens (tertiary/aromatic N) is 1. The molecule has 0 aliphatic rings. The van der Waals surface area contributed by atoms with Crippen molar-refractivity contribution in [3.63, 3.8) is 0 Å². The highest BCUT2D eigenvalue weighted by Gasteiger charge is 2.38. The van der Waals surface area contributed by atoms with E-state index in [4.69, 9.17) is 13.3 Å². The molecule has 4 nitrogen and oxygen atoms in total. The molecule has 1 aromatic carbocycles. The van der Waals surface area contributed by atoms with Crippen molar-refractivity contribution in [3.8, 4) is 0 Å². The van der Waals surface area contributed by atoms with E-state index < -0.39 is 8.80 Å². The predicted octanol–water partition coefficient (Wildman–Crippen LogP) is 4.87. The van der Waals surface area contributed by atoms with Crippen molar-refractivity contribution in [2.45, 2.75) is 58.5 Å². The number of quaternary nitrogens is 1. The molecule has 0 amide bonds. The van der Waals surface area contributed by atoms with Crippen LogP contribution in [0.5, 0.6) is 0 Å². The highest BCUT2D eigenvalue weighted by molar-refractivity contribution is 6.60. The predicted molar refractivity (Wildman–Crippen MR) is 111 cm³/mol. The van der Waals surface area contributed by atoms with Crippen molar-refractivity contribution >= 4 is 8.80 Å². The summed E-state index contributed by atoms with van der Waals surface area (Å²) < 4.78 is 18.0. The summed E-state index contributed by atoms with van der Waals surface area (Å²) in [4.78, 5) is 0. The number of rotatable bonds is 15. The highest BCUT2D eigenvalue weighted by atomic mass is 28.4. The second-order valence-electron chi connectivity index (χ2n) is 7.26. The van der Waals surface area contributed by atoms with Gasteiger partial charge in [-0.05, 0) is 19.3 Å². The minimum Gasteiger partial charge on any atom is -0.377 e. The molecule has 0 saturated heterocycles. The standard InChI is InChI=1S/C21H40NO3Si/c1-6-8-12-17-22(16-7-2,20-21-14-10-9-11-15-21)18-13-19-26(23-3,24-4)25-5/h9-11,14-15H,6-8,12-13,16-20H2,1-5H3/q+1. The fourth-order valence-electron chi connectivity index (χ4n) is 3.90. The summed E-state index contributed by atoms with van der Waals surface area (Å²) in [6, 6.07) is 11.8. The maximum absolute atomic E-state index is 5.62. The number of hydrogen-bond acceptors (Lipinski definition) is 3.